The molecule has 208 valence electrons. The Kier molecular flexibility index (Phi) is 8.52. The predicted octanol–water partition coefficient (Wildman–Crippen LogP) is 5.89. The van der Waals surface area contributed by atoms with Gasteiger partial charge in [-0.15, -0.1) is 0 Å². The first-order chi connectivity index (χ1) is 19.0. The van der Waals surface area contributed by atoms with Crippen LogP contribution in [0.3, 0.4) is 0 Å². The number of carbonyl (C=O) groups excluding carboxylic acids is 3. The van der Waals surface area contributed by atoms with E-state index in [1.807, 2.05) is 48.5 Å². The monoisotopic (exact) mass is 545 g/mol. The van der Waals surface area contributed by atoms with Crippen LogP contribution in [0.5, 0.6) is 0 Å². The highest BCUT2D eigenvalue weighted by Crippen LogP contribution is 2.38. The van der Waals surface area contributed by atoms with Crippen LogP contribution in [0.25, 0.3) is 11.3 Å². The van der Waals surface area contributed by atoms with E-state index in [1.54, 1.807) is 26.8 Å². The van der Waals surface area contributed by atoms with E-state index in [4.69, 9.17) is 9.47 Å². The number of hydrogen-bond acceptors (Lipinski definition) is 6. The molecule has 0 aliphatic carbocycles. The van der Waals surface area contributed by atoms with Crippen molar-refractivity contribution in [3.05, 3.63) is 94.8 Å². The van der Waals surface area contributed by atoms with Gasteiger partial charge >= 0.3 is 12.1 Å². The van der Waals surface area contributed by atoms with Gasteiger partial charge in [-0.05, 0) is 74.2 Å². The molecule has 3 N–H and O–H groups in total. The van der Waals surface area contributed by atoms with Crippen LogP contribution >= 0.6 is 0 Å². The molecule has 0 unspecified atom stereocenters. The second-order valence-electron chi connectivity index (χ2n) is 10.3. The Hall–Kier alpha value is -4.66. The van der Waals surface area contributed by atoms with Gasteiger partial charge in [0.25, 0.3) is 5.91 Å². The van der Waals surface area contributed by atoms with Crippen LogP contribution in [0.4, 0.5) is 20.6 Å². The third-order valence-electron chi connectivity index (χ3n) is 6.12. The summed E-state index contributed by atoms with van der Waals surface area (Å²) in [7, 11) is 1.36. The molecule has 0 atom stereocenters. The zero-order valence-electron chi connectivity index (χ0n) is 22.9. The molecule has 40 heavy (non-hydrogen) atoms. The lowest BCUT2D eigenvalue weighted by Crippen LogP contribution is -2.32. The topological polar surface area (TPSA) is 106 Å². The van der Waals surface area contributed by atoms with Crippen molar-refractivity contribution in [1.82, 2.24) is 5.32 Å². The van der Waals surface area contributed by atoms with Crippen LogP contribution in [0.15, 0.2) is 66.7 Å². The molecule has 0 bridgehead atoms. The number of amides is 2. The number of anilines is 2. The van der Waals surface area contributed by atoms with E-state index >= 15 is 0 Å². The molecule has 2 amide bonds. The fourth-order valence-electron chi connectivity index (χ4n) is 4.20. The van der Waals surface area contributed by atoms with Gasteiger partial charge in [-0.2, -0.15) is 0 Å². The lowest BCUT2D eigenvalue weighted by molar-refractivity contribution is -0.140. The van der Waals surface area contributed by atoms with Gasteiger partial charge in [0.15, 0.2) is 0 Å². The maximum Gasteiger partial charge on any atom is 0.407 e. The third kappa shape index (κ3) is 7.25. The number of aryl methyl sites for hydroxylation is 1. The van der Waals surface area contributed by atoms with E-state index in [0.29, 0.717) is 34.6 Å². The van der Waals surface area contributed by atoms with Crippen LogP contribution in [0.2, 0.25) is 0 Å². The highest BCUT2D eigenvalue weighted by atomic mass is 19.1. The van der Waals surface area contributed by atoms with E-state index in [9.17, 15) is 18.8 Å². The molecule has 0 radical (unpaired) electrons. The van der Waals surface area contributed by atoms with Gasteiger partial charge in [0.2, 0.25) is 0 Å². The molecule has 0 spiro atoms. The van der Waals surface area contributed by atoms with Crippen molar-refractivity contribution in [3.63, 3.8) is 0 Å². The Labute approximate surface area is 232 Å². The summed E-state index contributed by atoms with van der Waals surface area (Å²) in [5, 5.41) is 8.84. The van der Waals surface area contributed by atoms with Crippen molar-refractivity contribution >= 4 is 40.6 Å². The van der Waals surface area contributed by atoms with E-state index in [2.05, 4.69) is 16.0 Å². The van der Waals surface area contributed by atoms with E-state index < -0.39 is 17.5 Å². The quantitative estimate of drug-likeness (QED) is 0.241. The minimum absolute atomic E-state index is 0.262. The standard InChI is InChI=1S/C31H32FN3O5/c1-31(2,3)40-30(38)33-18-20-7-13-23(14-8-20)34-28(21-10-5-19(6-11-21)9-16-26(36)39-4)27-24-15-12-22(32)17-25(24)35-29(27)37/h5-8,10-15,17,34H,9,16,18H2,1-4H3,(H,33,38)(H,35,37). The van der Waals surface area contributed by atoms with Crippen molar-refractivity contribution < 1.29 is 28.2 Å². The molecule has 1 aliphatic rings. The summed E-state index contributed by atoms with van der Waals surface area (Å²) in [6.45, 7) is 5.69. The summed E-state index contributed by atoms with van der Waals surface area (Å²) in [5.41, 5.74) is 4.58. The average Bonchev–Trinajstić information content (AvgIpc) is 3.23. The second-order valence-corrected chi connectivity index (χ2v) is 10.3. The van der Waals surface area contributed by atoms with Crippen molar-refractivity contribution in [2.75, 3.05) is 17.7 Å². The number of hydrogen-bond donors (Lipinski definition) is 3. The van der Waals surface area contributed by atoms with Gasteiger partial charge in [0.1, 0.15) is 11.4 Å². The first kappa shape index (κ1) is 28.4. The van der Waals surface area contributed by atoms with Gasteiger partial charge in [0, 0.05) is 24.2 Å². The van der Waals surface area contributed by atoms with Gasteiger partial charge in [-0.3, -0.25) is 9.59 Å². The fraction of sp³-hybridized carbons (Fsp3) is 0.258. The molecule has 1 heterocycles. The molecule has 3 aromatic carbocycles. The first-order valence-corrected chi connectivity index (χ1v) is 12.9. The smallest absolute Gasteiger partial charge is 0.407 e. The van der Waals surface area contributed by atoms with Gasteiger partial charge in [-0.25, -0.2) is 9.18 Å². The summed E-state index contributed by atoms with van der Waals surface area (Å²) in [6, 6.07) is 19.1. The largest absolute Gasteiger partial charge is 0.469 e. The maximum atomic E-state index is 13.9. The molecule has 0 saturated heterocycles. The third-order valence-corrected chi connectivity index (χ3v) is 6.12. The fourth-order valence-corrected chi connectivity index (χ4v) is 4.20. The molecule has 0 aromatic heterocycles. The number of alkyl carbamates (subject to hydrolysis) is 1. The molecule has 9 heteroatoms. The van der Waals surface area contributed by atoms with E-state index in [-0.39, 0.29) is 24.8 Å². The second kappa shape index (κ2) is 12.0. The van der Waals surface area contributed by atoms with Crippen LogP contribution < -0.4 is 16.0 Å². The van der Waals surface area contributed by atoms with Crippen molar-refractivity contribution in [2.45, 2.75) is 45.8 Å². The molecule has 8 nitrogen and oxygen atoms in total. The Morgan fingerprint density at radius 3 is 2.27 bits per heavy atom. The lowest BCUT2D eigenvalue weighted by Gasteiger charge is -2.19. The Bertz CT molecular complexity index is 1440. The van der Waals surface area contributed by atoms with Crippen molar-refractivity contribution in [2.24, 2.45) is 0 Å². The van der Waals surface area contributed by atoms with Crippen molar-refractivity contribution in [1.29, 1.82) is 0 Å². The Morgan fingerprint density at radius 1 is 0.950 bits per heavy atom. The zero-order valence-corrected chi connectivity index (χ0v) is 22.9. The van der Waals surface area contributed by atoms with Gasteiger partial charge in [-0.1, -0.05) is 36.4 Å². The average molecular weight is 546 g/mol. The molecule has 0 fully saturated rings. The van der Waals surface area contributed by atoms with Crippen LogP contribution in [-0.4, -0.2) is 30.7 Å². The molecular formula is C31H32FN3O5. The minimum atomic E-state index is -0.585. The molecule has 1 aliphatic heterocycles. The number of methoxy groups -OCH3 is 1. The van der Waals surface area contributed by atoms with Gasteiger partial charge in [0.05, 0.1) is 24.1 Å². The number of benzene rings is 3. The highest BCUT2D eigenvalue weighted by Gasteiger charge is 2.29. The number of nitrogens with one attached hydrogen (secondary N) is 3. The van der Waals surface area contributed by atoms with Crippen molar-refractivity contribution in [3.8, 4) is 0 Å². The number of fused-ring (bicyclic) bond motifs is 1. The summed E-state index contributed by atoms with van der Waals surface area (Å²) in [4.78, 5) is 36.6. The van der Waals surface area contributed by atoms with E-state index in [0.717, 1.165) is 16.7 Å². The number of esters is 1. The lowest BCUT2D eigenvalue weighted by atomic mass is 9.98. The van der Waals surface area contributed by atoms with Crippen LogP contribution in [0, 0.1) is 5.82 Å². The van der Waals surface area contributed by atoms with E-state index in [1.165, 1.54) is 19.2 Å². The number of ether oxygens (including phenoxy) is 2. The molecule has 3 aromatic rings. The minimum Gasteiger partial charge on any atom is -0.469 e. The molecule has 0 saturated carbocycles. The molecule has 4 rings (SSSR count). The number of halogens is 1. The van der Waals surface area contributed by atoms with Gasteiger partial charge < -0.3 is 25.4 Å². The summed E-state index contributed by atoms with van der Waals surface area (Å²) in [6.07, 6.45) is 0.283. The summed E-state index contributed by atoms with van der Waals surface area (Å²) < 4.78 is 23.9. The number of carbonyl (C=O) groups is 3. The predicted molar refractivity (Wildman–Crippen MR) is 152 cm³/mol. The summed E-state index contributed by atoms with van der Waals surface area (Å²) in [5.74, 6) is -1.08. The first-order valence-electron chi connectivity index (χ1n) is 12.9. The normalized spacial score (nSPS) is 13.7. The Morgan fingerprint density at radius 2 is 1.62 bits per heavy atom. The van der Waals surface area contributed by atoms with Crippen LogP contribution in [-0.2, 0) is 32.0 Å². The number of rotatable bonds is 8. The van der Waals surface area contributed by atoms with Crippen LogP contribution in [0.1, 0.15) is 49.4 Å². The molecular weight excluding hydrogens is 513 g/mol. The maximum absolute atomic E-state index is 13.9. The SMILES string of the molecule is COC(=O)CCc1ccc(C(Nc2ccc(CNC(=O)OC(C)(C)C)cc2)=C2C(=O)Nc3cc(F)ccc32)cc1. The zero-order chi connectivity index (χ0) is 28.9. The highest BCUT2D eigenvalue weighted by molar-refractivity contribution is 6.37. The Balaban J connectivity index is 1.60. The summed E-state index contributed by atoms with van der Waals surface area (Å²) >= 11 is 0.